The van der Waals surface area contributed by atoms with E-state index in [-0.39, 0.29) is 6.92 Å². The minimum atomic E-state index is -6.33. The van der Waals surface area contributed by atoms with Crippen LogP contribution in [0.4, 0.5) is 39.5 Å². The number of methoxy groups -OCH3 is 2. The summed E-state index contributed by atoms with van der Waals surface area (Å²) in [6, 6.07) is 0. The number of rotatable bonds is 5. The van der Waals surface area contributed by atoms with Gasteiger partial charge in [0.05, 0.1) is 19.8 Å². The molecule has 0 aromatic heterocycles. The summed E-state index contributed by atoms with van der Waals surface area (Å²) in [6.45, 7) is 2.01. The molecule has 0 spiro atoms. The van der Waals surface area contributed by atoms with E-state index in [0.717, 1.165) is 6.92 Å². The maximum absolute atomic E-state index is 13.5. The Labute approximate surface area is 165 Å². The van der Waals surface area contributed by atoms with Gasteiger partial charge in [-0.3, -0.25) is 0 Å². The highest BCUT2D eigenvalue weighted by atomic mass is 19.4. The van der Waals surface area contributed by atoms with E-state index in [4.69, 9.17) is 4.74 Å². The summed E-state index contributed by atoms with van der Waals surface area (Å²) in [5.74, 6) is -2.40. The predicted octanol–water partition coefficient (Wildman–Crippen LogP) is 4.66. The first-order chi connectivity index (χ1) is 13.3. The van der Waals surface area contributed by atoms with Crippen LogP contribution < -0.4 is 9.47 Å². The zero-order valence-corrected chi connectivity index (χ0v) is 16.3. The maximum Gasteiger partial charge on any atom is 0.430 e. The second-order valence-electron chi connectivity index (χ2n) is 6.55. The first-order valence-corrected chi connectivity index (χ1v) is 8.18. The smallest absolute Gasteiger partial charge is 0.430 e. The average Bonchev–Trinajstić information content (AvgIpc) is 2.56. The number of aliphatic hydroxyl groups is 2. The SMILES string of the molecule is CCc1c(OC)c(C(C)(O)C(F)(F)F)c(C)c(OC)c1C(O)(C(F)(F)F)C(F)(F)F. The molecule has 1 rings (SSSR count). The molecule has 0 aliphatic rings. The molecular formula is C17H19F9O4. The van der Waals surface area contributed by atoms with Crippen molar-refractivity contribution in [2.24, 2.45) is 0 Å². The van der Waals surface area contributed by atoms with Crippen LogP contribution in [0.3, 0.4) is 0 Å². The van der Waals surface area contributed by atoms with Crippen LogP contribution in [-0.4, -0.2) is 43.0 Å². The average molecular weight is 458 g/mol. The van der Waals surface area contributed by atoms with Crippen LogP contribution in [0.5, 0.6) is 11.5 Å². The highest BCUT2D eigenvalue weighted by Crippen LogP contribution is 2.58. The van der Waals surface area contributed by atoms with Crippen molar-refractivity contribution in [2.45, 2.75) is 56.9 Å². The molecule has 1 aromatic rings. The van der Waals surface area contributed by atoms with Gasteiger partial charge in [0, 0.05) is 16.7 Å². The minimum Gasteiger partial charge on any atom is -0.496 e. The largest absolute Gasteiger partial charge is 0.496 e. The van der Waals surface area contributed by atoms with E-state index in [1.165, 1.54) is 0 Å². The predicted molar refractivity (Wildman–Crippen MR) is 85.3 cm³/mol. The van der Waals surface area contributed by atoms with Gasteiger partial charge in [0.15, 0.2) is 5.60 Å². The van der Waals surface area contributed by atoms with Gasteiger partial charge >= 0.3 is 18.5 Å². The van der Waals surface area contributed by atoms with Gasteiger partial charge in [0.25, 0.3) is 5.60 Å². The van der Waals surface area contributed by atoms with E-state index in [2.05, 4.69) is 4.74 Å². The fourth-order valence-electron chi connectivity index (χ4n) is 3.25. The van der Waals surface area contributed by atoms with E-state index >= 15 is 0 Å². The number of halogens is 9. The van der Waals surface area contributed by atoms with Gasteiger partial charge in [-0.25, -0.2) is 0 Å². The van der Waals surface area contributed by atoms with E-state index in [1.807, 2.05) is 0 Å². The molecular weight excluding hydrogens is 439 g/mol. The molecule has 174 valence electrons. The third-order valence-electron chi connectivity index (χ3n) is 4.73. The van der Waals surface area contributed by atoms with Crippen molar-refractivity contribution in [3.05, 3.63) is 22.3 Å². The fraction of sp³-hybridized carbons (Fsp3) is 0.647. The lowest BCUT2D eigenvalue weighted by Crippen LogP contribution is -2.55. The third kappa shape index (κ3) is 3.66. The van der Waals surface area contributed by atoms with E-state index in [0.29, 0.717) is 21.1 Å². The summed E-state index contributed by atoms with van der Waals surface area (Å²) >= 11 is 0. The van der Waals surface area contributed by atoms with Crippen molar-refractivity contribution in [2.75, 3.05) is 14.2 Å². The van der Waals surface area contributed by atoms with Crippen molar-refractivity contribution in [3.63, 3.8) is 0 Å². The molecule has 0 aliphatic heterocycles. The van der Waals surface area contributed by atoms with Gasteiger partial charge in [0.1, 0.15) is 11.5 Å². The third-order valence-corrected chi connectivity index (χ3v) is 4.73. The van der Waals surface area contributed by atoms with Crippen molar-refractivity contribution in [1.29, 1.82) is 0 Å². The Morgan fingerprint density at radius 3 is 1.40 bits per heavy atom. The highest BCUT2D eigenvalue weighted by molar-refractivity contribution is 5.63. The zero-order chi connectivity index (χ0) is 24.1. The quantitative estimate of drug-likeness (QED) is 0.631. The zero-order valence-electron chi connectivity index (χ0n) is 16.3. The van der Waals surface area contributed by atoms with Crippen LogP contribution in [-0.2, 0) is 17.6 Å². The summed E-state index contributed by atoms with van der Waals surface area (Å²) in [5.41, 5.74) is -14.2. The number of ether oxygens (including phenoxy) is 2. The van der Waals surface area contributed by atoms with Crippen LogP contribution in [0.15, 0.2) is 0 Å². The van der Waals surface area contributed by atoms with Gasteiger partial charge < -0.3 is 19.7 Å². The Hall–Kier alpha value is -1.89. The minimum absolute atomic E-state index is 0.260. The number of alkyl halides is 9. The second kappa shape index (κ2) is 7.66. The Balaban J connectivity index is 4.40. The summed E-state index contributed by atoms with van der Waals surface area (Å²) < 4.78 is 131. The summed E-state index contributed by atoms with van der Waals surface area (Å²) in [4.78, 5) is 0. The Kier molecular flexibility index (Phi) is 6.68. The normalized spacial score (nSPS) is 15.7. The molecule has 30 heavy (non-hydrogen) atoms. The Morgan fingerprint density at radius 2 is 1.13 bits per heavy atom. The van der Waals surface area contributed by atoms with Gasteiger partial charge in [-0.2, -0.15) is 39.5 Å². The van der Waals surface area contributed by atoms with E-state index in [1.54, 1.807) is 0 Å². The van der Waals surface area contributed by atoms with Crippen LogP contribution in [0.25, 0.3) is 0 Å². The van der Waals surface area contributed by atoms with Crippen molar-refractivity contribution >= 4 is 0 Å². The lowest BCUT2D eigenvalue weighted by atomic mass is 9.79. The number of benzene rings is 1. The van der Waals surface area contributed by atoms with Crippen LogP contribution in [0.1, 0.15) is 36.1 Å². The molecule has 1 unspecified atom stereocenters. The van der Waals surface area contributed by atoms with Crippen molar-refractivity contribution < 1.29 is 59.2 Å². The first kappa shape index (κ1) is 26.1. The van der Waals surface area contributed by atoms with Crippen LogP contribution >= 0.6 is 0 Å². The first-order valence-electron chi connectivity index (χ1n) is 8.18. The lowest BCUT2D eigenvalue weighted by Gasteiger charge is -2.38. The number of hydrogen-bond donors (Lipinski definition) is 2. The summed E-state index contributed by atoms with van der Waals surface area (Å²) in [5, 5.41) is 20.0. The maximum atomic E-state index is 13.5. The molecule has 0 bridgehead atoms. The molecule has 0 amide bonds. The van der Waals surface area contributed by atoms with Crippen molar-refractivity contribution in [1.82, 2.24) is 0 Å². The fourth-order valence-corrected chi connectivity index (χ4v) is 3.25. The summed E-state index contributed by atoms with van der Waals surface area (Å²) in [6.07, 6.45) is -18.8. The van der Waals surface area contributed by atoms with E-state index < -0.39 is 69.9 Å². The van der Waals surface area contributed by atoms with E-state index in [9.17, 15) is 49.7 Å². The Bertz CT molecular complexity index is 779. The topological polar surface area (TPSA) is 58.9 Å². The highest BCUT2D eigenvalue weighted by Gasteiger charge is 2.73. The lowest BCUT2D eigenvalue weighted by molar-refractivity contribution is -0.376. The van der Waals surface area contributed by atoms with Gasteiger partial charge in [-0.1, -0.05) is 6.92 Å². The molecule has 0 radical (unpaired) electrons. The monoisotopic (exact) mass is 458 g/mol. The molecule has 2 N–H and O–H groups in total. The van der Waals surface area contributed by atoms with Gasteiger partial charge in [-0.15, -0.1) is 0 Å². The number of hydrogen-bond acceptors (Lipinski definition) is 4. The Morgan fingerprint density at radius 1 is 0.733 bits per heavy atom. The van der Waals surface area contributed by atoms with Crippen LogP contribution in [0, 0.1) is 6.92 Å². The van der Waals surface area contributed by atoms with Gasteiger partial charge in [0.2, 0.25) is 0 Å². The molecule has 13 heteroatoms. The standard InChI is InChI=1S/C17H19F9O4/c1-6-8-10(14(28,16(21,22)23)17(24,25)26)11(29-4)7(2)9(12(8)30-5)13(3,27)15(18,19)20/h27-28H,6H2,1-5H3. The molecule has 0 saturated heterocycles. The van der Waals surface area contributed by atoms with Crippen molar-refractivity contribution in [3.8, 4) is 11.5 Å². The molecule has 4 nitrogen and oxygen atoms in total. The summed E-state index contributed by atoms with van der Waals surface area (Å²) in [7, 11) is 1.33. The molecule has 1 atom stereocenters. The molecule has 0 heterocycles. The molecule has 0 aliphatic carbocycles. The molecule has 0 saturated carbocycles. The van der Waals surface area contributed by atoms with Crippen LogP contribution in [0.2, 0.25) is 0 Å². The molecule has 1 aromatic carbocycles. The van der Waals surface area contributed by atoms with Gasteiger partial charge in [-0.05, 0) is 20.3 Å². The second-order valence-corrected chi connectivity index (χ2v) is 6.55. The molecule has 0 fully saturated rings.